The molecule has 9 heteroatoms. The second-order valence-electron chi connectivity index (χ2n) is 12.7. The molecule has 0 heterocycles. The molecule has 0 aromatic heterocycles. The first-order valence-electron chi connectivity index (χ1n) is 16.7. The van der Waals surface area contributed by atoms with E-state index in [0.29, 0.717) is 57.5 Å². The van der Waals surface area contributed by atoms with Crippen LogP contribution in [0.25, 0.3) is 0 Å². The topological polar surface area (TPSA) is 125 Å². The summed E-state index contributed by atoms with van der Waals surface area (Å²) in [6, 6.07) is 28.0. The number of carbonyl (C=O) groups excluding carboxylic acids is 2. The van der Waals surface area contributed by atoms with E-state index in [1.807, 2.05) is 42.5 Å². The third kappa shape index (κ3) is 7.68. The Morgan fingerprint density at radius 3 is 1.73 bits per heavy atom. The number of hydrogen-bond donors (Lipinski definition) is 1. The number of benzene rings is 5. The minimum absolute atomic E-state index is 0.0204. The Morgan fingerprint density at radius 1 is 0.725 bits per heavy atom. The quantitative estimate of drug-likeness (QED) is 0.0558. The van der Waals surface area contributed by atoms with E-state index in [9.17, 15) is 24.8 Å². The molecule has 0 saturated heterocycles. The van der Waals surface area contributed by atoms with Crippen LogP contribution in [-0.2, 0) is 30.5 Å². The zero-order valence-corrected chi connectivity index (χ0v) is 28.4. The Kier molecular flexibility index (Phi) is 10.3. The molecule has 258 valence electrons. The number of hydrogen-bond acceptors (Lipinski definition) is 8. The van der Waals surface area contributed by atoms with Crippen molar-refractivity contribution in [2.45, 2.75) is 39.5 Å². The van der Waals surface area contributed by atoms with Gasteiger partial charge in [-0.15, -0.1) is 0 Å². The normalized spacial score (nSPS) is 12.1. The maximum atomic E-state index is 13.6. The minimum Gasteiger partial charge on any atom is -0.507 e. The largest absolute Gasteiger partial charge is 0.507 e. The van der Waals surface area contributed by atoms with Gasteiger partial charge in [-0.3, -0.25) is 14.9 Å². The van der Waals surface area contributed by atoms with Gasteiger partial charge >= 0.3 is 11.9 Å². The maximum absolute atomic E-state index is 13.6. The summed E-state index contributed by atoms with van der Waals surface area (Å²) in [4.78, 5) is 38.5. The van der Waals surface area contributed by atoms with Gasteiger partial charge in [0.25, 0.3) is 5.69 Å². The number of nitrogens with zero attached hydrogens (tertiary/aromatic N) is 1. The number of fused-ring (bicyclic) bond motifs is 8. The summed E-state index contributed by atoms with van der Waals surface area (Å²) < 4.78 is 18.5. The van der Waals surface area contributed by atoms with Crippen molar-refractivity contribution < 1.29 is 33.8 Å². The Hall–Kier alpha value is -6.22. The number of phenols is 1. The zero-order chi connectivity index (χ0) is 36.1. The van der Waals surface area contributed by atoms with E-state index in [1.165, 1.54) is 12.1 Å². The molecule has 6 rings (SSSR count). The maximum Gasteiger partial charge on any atom is 0.343 e. The van der Waals surface area contributed by atoms with Crippen LogP contribution in [0.5, 0.6) is 23.0 Å². The monoisotopic (exact) mass is 683 g/mol. The molecule has 0 saturated carbocycles. The molecule has 0 radical (unpaired) electrons. The highest BCUT2D eigenvalue weighted by Gasteiger charge is 2.26. The molecule has 0 unspecified atom stereocenters. The Morgan fingerprint density at radius 2 is 1.20 bits per heavy atom. The molecule has 0 fully saturated rings. The Bertz CT molecular complexity index is 2140. The lowest BCUT2D eigenvalue weighted by atomic mass is 9.91. The predicted molar refractivity (Wildman–Crippen MR) is 193 cm³/mol. The van der Waals surface area contributed by atoms with E-state index < -0.39 is 22.8 Å². The SMILES string of the molecule is C=CCOc1c2cccc1Cc1cccc(c1OC(=O)c1ccccc1)Cc1cc([N+](=O)[O-])cc(c1OC(=O)C(C)C)Cc1cccc(c1O)C2. The second kappa shape index (κ2) is 15.1. The average Bonchev–Trinajstić information content (AvgIpc) is 3.11. The van der Waals surface area contributed by atoms with Crippen molar-refractivity contribution in [1.82, 2.24) is 0 Å². The number of non-ortho nitro benzene ring substituents is 1. The van der Waals surface area contributed by atoms with Crippen LogP contribution in [0.4, 0.5) is 5.69 Å². The molecular formula is C42H37NO8. The van der Waals surface area contributed by atoms with Gasteiger partial charge in [0.1, 0.15) is 29.6 Å². The molecule has 1 N–H and O–H groups in total. The molecule has 8 bridgehead atoms. The number of nitro groups is 1. The molecule has 1 aliphatic rings. The van der Waals surface area contributed by atoms with Crippen LogP contribution in [0.2, 0.25) is 0 Å². The predicted octanol–water partition coefficient (Wildman–Crippen LogP) is 8.32. The number of nitro benzene ring substituents is 1. The summed E-state index contributed by atoms with van der Waals surface area (Å²) in [6.07, 6.45) is 2.32. The standard InChI is InChI=1S/C42H37NO8/c1-4-19-49-38-30-15-9-16-31(38)22-32-17-10-18-33(39(32)51-42(46)27-11-6-5-7-12-27)23-35-25-36(43(47)48)24-34(40(35)50-41(45)26(2)3)21-29-14-8-13-28(20-30)37(29)44/h4-18,24-26,44H,1,19-23H2,2-3H3. The molecular weight excluding hydrogens is 646 g/mol. The first-order valence-corrected chi connectivity index (χ1v) is 16.7. The van der Waals surface area contributed by atoms with Gasteiger partial charge in [0.15, 0.2) is 0 Å². The molecule has 5 aromatic rings. The minimum atomic E-state index is -0.573. The van der Waals surface area contributed by atoms with Crippen LogP contribution in [0.3, 0.4) is 0 Å². The van der Waals surface area contributed by atoms with Gasteiger partial charge in [0.05, 0.1) is 16.4 Å². The summed E-state index contributed by atoms with van der Waals surface area (Å²) in [7, 11) is 0. The van der Waals surface area contributed by atoms with Crippen LogP contribution < -0.4 is 14.2 Å². The van der Waals surface area contributed by atoms with Gasteiger partial charge in [0, 0.05) is 48.9 Å². The summed E-state index contributed by atoms with van der Waals surface area (Å²) in [5.74, 6) is -0.483. The van der Waals surface area contributed by atoms with Crippen LogP contribution in [-0.4, -0.2) is 28.6 Å². The Balaban J connectivity index is 1.62. The van der Waals surface area contributed by atoms with Crippen molar-refractivity contribution in [1.29, 1.82) is 0 Å². The molecule has 0 atom stereocenters. The Labute approximate surface area is 295 Å². The molecule has 5 aromatic carbocycles. The van der Waals surface area contributed by atoms with Crippen LogP contribution in [0, 0.1) is 16.0 Å². The van der Waals surface area contributed by atoms with Crippen molar-refractivity contribution in [2.24, 2.45) is 5.92 Å². The average molecular weight is 684 g/mol. The third-order valence-electron chi connectivity index (χ3n) is 8.75. The highest BCUT2D eigenvalue weighted by Crippen LogP contribution is 2.40. The van der Waals surface area contributed by atoms with Crippen molar-refractivity contribution in [3.05, 3.63) is 170 Å². The number of aromatic hydroxyl groups is 1. The van der Waals surface area contributed by atoms with E-state index in [1.54, 1.807) is 62.4 Å². The fourth-order valence-corrected chi connectivity index (χ4v) is 6.22. The van der Waals surface area contributed by atoms with Crippen LogP contribution in [0.1, 0.15) is 68.7 Å². The van der Waals surface area contributed by atoms with E-state index in [-0.39, 0.29) is 42.4 Å². The molecule has 1 aliphatic carbocycles. The van der Waals surface area contributed by atoms with Gasteiger partial charge in [-0.1, -0.05) is 99.3 Å². The number of esters is 2. The van der Waals surface area contributed by atoms with Crippen LogP contribution in [0.15, 0.2) is 110 Å². The van der Waals surface area contributed by atoms with E-state index >= 15 is 0 Å². The third-order valence-corrected chi connectivity index (χ3v) is 8.75. The molecule has 9 nitrogen and oxygen atoms in total. The van der Waals surface area contributed by atoms with E-state index in [2.05, 4.69) is 6.58 Å². The second-order valence-corrected chi connectivity index (χ2v) is 12.7. The number of carbonyl (C=O) groups is 2. The highest BCUT2D eigenvalue weighted by atomic mass is 16.6. The van der Waals surface area contributed by atoms with Gasteiger partial charge in [-0.05, 0) is 45.5 Å². The van der Waals surface area contributed by atoms with Crippen LogP contribution >= 0.6 is 0 Å². The zero-order valence-electron chi connectivity index (χ0n) is 28.4. The summed E-state index contributed by atoms with van der Waals surface area (Å²) in [5.41, 5.74) is 4.80. The lowest BCUT2D eigenvalue weighted by Gasteiger charge is -2.21. The van der Waals surface area contributed by atoms with Crippen molar-refractivity contribution >= 4 is 17.6 Å². The fraction of sp³-hybridized carbons (Fsp3) is 0.190. The highest BCUT2D eigenvalue weighted by molar-refractivity contribution is 5.91. The van der Waals surface area contributed by atoms with E-state index in [4.69, 9.17) is 14.2 Å². The lowest BCUT2D eigenvalue weighted by molar-refractivity contribution is -0.385. The van der Waals surface area contributed by atoms with Gasteiger partial charge < -0.3 is 19.3 Å². The number of para-hydroxylation sites is 3. The smallest absolute Gasteiger partial charge is 0.343 e. The molecule has 51 heavy (non-hydrogen) atoms. The first kappa shape index (κ1) is 34.6. The van der Waals surface area contributed by atoms with Crippen molar-refractivity contribution in [3.8, 4) is 23.0 Å². The van der Waals surface area contributed by atoms with Gasteiger partial charge in [-0.25, -0.2) is 4.79 Å². The molecule has 0 spiro atoms. The molecule has 0 aliphatic heterocycles. The van der Waals surface area contributed by atoms with Crippen molar-refractivity contribution in [3.63, 3.8) is 0 Å². The number of rotatable bonds is 8. The van der Waals surface area contributed by atoms with Crippen molar-refractivity contribution in [2.75, 3.05) is 6.61 Å². The number of phenolic OH excluding ortho intramolecular Hbond substituents is 1. The fourth-order valence-electron chi connectivity index (χ4n) is 6.22. The first-order chi connectivity index (χ1) is 24.6. The number of ether oxygens (including phenoxy) is 3. The summed E-state index contributed by atoms with van der Waals surface area (Å²) in [6.45, 7) is 7.47. The van der Waals surface area contributed by atoms with Gasteiger partial charge in [0.2, 0.25) is 0 Å². The van der Waals surface area contributed by atoms with Gasteiger partial charge in [-0.2, -0.15) is 0 Å². The summed E-state index contributed by atoms with van der Waals surface area (Å²) >= 11 is 0. The lowest BCUT2D eigenvalue weighted by Crippen LogP contribution is -2.18. The van der Waals surface area contributed by atoms with E-state index in [0.717, 1.165) is 11.1 Å². The molecule has 0 amide bonds. The summed E-state index contributed by atoms with van der Waals surface area (Å²) in [5, 5.41) is 23.9.